The minimum atomic E-state index is -0.238. The van der Waals surface area contributed by atoms with Crippen molar-refractivity contribution in [1.29, 1.82) is 0 Å². The summed E-state index contributed by atoms with van der Waals surface area (Å²) in [6.07, 6.45) is 8.93. The first kappa shape index (κ1) is 18.9. The zero-order valence-electron chi connectivity index (χ0n) is 16.8. The molecule has 1 aromatic rings. The summed E-state index contributed by atoms with van der Waals surface area (Å²) in [4.78, 5) is 12.5. The summed E-state index contributed by atoms with van der Waals surface area (Å²) < 4.78 is 16.1. The fourth-order valence-electron chi connectivity index (χ4n) is 5.92. The Balaban J connectivity index is 1.41. The first-order valence-electron chi connectivity index (χ1n) is 9.96. The van der Waals surface area contributed by atoms with Crippen molar-refractivity contribution < 1.29 is 19.0 Å². The van der Waals surface area contributed by atoms with Crippen LogP contribution in [0.1, 0.15) is 44.1 Å². The molecule has 4 bridgehead atoms. The second-order valence-electron chi connectivity index (χ2n) is 8.45. The predicted molar refractivity (Wildman–Crippen MR) is 106 cm³/mol. The molecular weight excluding hydrogens is 358 g/mol. The number of hydrogen-bond acceptors (Lipinski definition) is 5. The normalized spacial score (nSPS) is 30.3. The number of amides is 2. The highest BCUT2D eigenvalue weighted by atomic mass is 16.5. The minimum absolute atomic E-state index is 0.0324. The number of urea groups is 1. The Hall–Kier alpha value is -2.44. The quantitative estimate of drug-likeness (QED) is 0.580. The lowest BCUT2D eigenvalue weighted by atomic mass is 9.53. The number of nitrogens with zero attached hydrogens (tertiary/aromatic N) is 1. The highest BCUT2D eigenvalue weighted by Crippen LogP contribution is 2.55. The molecule has 0 radical (unpaired) electrons. The number of hydrazone groups is 1. The average Bonchev–Trinajstić information content (AvgIpc) is 2.65. The van der Waals surface area contributed by atoms with Gasteiger partial charge in [0.1, 0.15) is 0 Å². The lowest BCUT2D eigenvalue weighted by Gasteiger charge is -2.56. The molecule has 4 saturated carbocycles. The monoisotopic (exact) mass is 387 g/mol. The van der Waals surface area contributed by atoms with Gasteiger partial charge in [0.15, 0.2) is 11.5 Å². The van der Waals surface area contributed by atoms with Crippen molar-refractivity contribution in [2.45, 2.75) is 44.1 Å². The zero-order chi connectivity index (χ0) is 19.7. The van der Waals surface area contributed by atoms with Crippen LogP contribution in [-0.2, 0) is 0 Å². The molecule has 1 aromatic carbocycles. The molecular formula is C21H29N3O4. The maximum atomic E-state index is 12.5. The summed E-state index contributed by atoms with van der Waals surface area (Å²) in [5, 5.41) is 7.36. The van der Waals surface area contributed by atoms with Crippen LogP contribution in [0.15, 0.2) is 17.2 Å². The van der Waals surface area contributed by atoms with E-state index in [2.05, 4.69) is 15.8 Å². The first-order chi connectivity index (χ1) is 13.6. The molecule has 0 heterocycles. The van der Waals surface area contributed by atoms with Crippen molar-refractivity contribution in [2.75, 3.05) is 21.3 Å². The Morgan fingerprint density at radius 3 is 2.14 bits per heavy atom. The zero-order valence-corrected chi connectivity index (χ0v) is 16.8. The average molecular weight is 387 g/mol. The van der Waals surface area contributed by atoms with E-state index in [0.29, 0.717) is 22.8 Å². The molecule has 0 spiro atoms. The van der Waals surface area contributed by atoms with Gasteiger partial charge in [0.05, 0.1) is 27.5 Å². The van der Waals surface area contributed by atoms with E-state index < -0.39 is 0 Å². The van der Waals surface area contributed by atoms with Crippen molar-refractivity contribution in [3.05, 3.63) is 17.7 Å². The largest absolute Gasteiger partial charge is 0.493 e. The van der Waals surface area contributed by atoms with Gasteiger partial charge in [-0.2, -0.15) is 5.10 Å². The van der Waals surface area contributed by atoms with Gasteiger partial charge in [-0.25, -0.2) is 10.2 Å². The lowest BCUT2D eigenvalue weighted by molar-refractivity contribution is -0.0135. The van der Waals surface area contributed by atoms with Gasteiger partial charge in [-0.3, -0.25) is 0 Å². The molecule has 28 heavy (non-hydrogen) atoms. The van der Waals surface area contributed by atoms with Crippen LogP contribution in [0, 0.1) is 17.8 Å². The van der Waals surface area contributed by atoms with Crippen LogP contribution in [0.5, 0.6) is 17.2 Å². The Bertz CT molecular complexity index is 742. The van der Waals surface area contributed by atoms with Gasteiger partial charge < -0.3 is 19.5 Å². The molecule has 5 rings (SSSR count). The molecule has 4 aliphatic rings. The van der Waals surface area contributed by atoms with Crippen molar-refractivity contribution in [1.82, 2.24) is 10.7 Å². The molecule has 4 fully saturated rings. The SMILES string of the molecule is COc1ccc(/C=N/NC(=O)NC23CC4CC(CC(C4)C2)C3)c(OC)c1OC. The van der Waals surface area contributed by atoms with Gasteiger partial charge in [0.25, 0.3) is 0 Å². The van der Waals surface area contributed by atoms with E-state index in [9.17, 15) is 4.79 Å². The second-order valence-corrected chi connectivity index (χ2v) is 8.45. The summed E-state index contributed by atoms with van der Waals surface area (Å²) in [6, 6.07) is 3.35. The van der Waals surface area contributed by atoms with Crippen LogP contribution in [0.2, 0.25) is 0 Å². The van der Waals surface area contributed by atoms with Crippen molar-refractivity contribution >= 4 is 12.2 Å². The molecule has 2 N–H and O–H groups in total. The number of hydrogen-bond donors (Lipinski definition) is 2. The third-order valence-corrected chi connectivity index (χ3v) is 6.52. The van der Waals surface area contributed by atoms with E-state index in [0.717, 1.165) is 37.0 Å². The third kappa shape index (κ3) is 3.50. The number of benzene rings is 1. The van der Waals surface area contributed by atoms with Gasteiger partial charge >= 0.3 is 6.03 Å². The fraction of sp³-hybridized carbons (Fsp3) is 0.619. The molecule has 0 unspecified atom stereocenters. The Morgan fingerprint density at radius 1 is 1.00 bits per heavy atom. The van der Waals surface area contributed by atoms with Crippen molar-refractivity contribution in [3.63, 3.8) is 0 Å². The predicted octanol–water partition coefficient (Wildman–Crippen LogP) is 3.31. The molecule has 7 heteroatoms. The highest BCUT2D eigenvalue weighted by Gasteiger charge is 2.51. The van der Waals surface area contributed by atoms with Gasteiger partial charge in [0, 0.05) is 11.1 Å². The fourth-order valence-corrected chi connectivity index (χ4v) is 5.92. The minimum Gasteiger partial charge on any atom is -0.493 e. The van der Waals surface area contributed by atoms with Crippen LogP contribution in [0.4, 0.5) is 4.79 Å². The molecule has 0 aromatic heterocycles. The van der Waals surface area contributed by atoms with E-state index in [1.807, 2.05) is 6.07 Å². The summed E-state index contributed by atoms with van der Waals surface area (Å²) in [5.41, 5.74) is 3.27. The molecule has 2 amide bonds. The maximum Gasteiger partial charge on any atom is 0.335 e. The van der Waals surface area contributed by atoms with Gasteiger partial charge in [-0.15, -0.1) is 0 Å². The van der Waals surface area contributed by atoms with Crippen LogP contribution < -0.4 is 25.0 Å². The summed E-state index contributed by atoms with van der Waals surface area (Å²) in [7, 11) is 4.68. The van der Waals surface area contributed by atoms with E-state index in [1.54, 1.807) is 33.6 Å². The van der Waals surface area contributed by atoms with Gasteiger partial charge in [-0.05, 0) is 68.4 Å². The van der Waals surface area contributed by atoms with Crippen molar-refractivity contribution in [2.24, 2.45) is 22.9 Å². The summed E-state index contributed by atoms with van der Waals surface area (Å²) >= 11 is 0. The molecule has 0 atom stereocenters. The van der Waals surface area contributed by atoms with E-state index >= 15 is 0 Å². The first-order valence-corrected chi connectivity index (χ1v) is 9.96. The third-order valence-electron chi connectivity index (χ3n) is 6.52. The van der Waals surface area contributed by atoms with Gasteiger partial charge in [-0.1, -0.05) is 0 Å². The van der Waals surface area contributed by atoms with Crippen LogP contribution in [0.25, 0.3) is 0 Å². The number of rotatable bonds is 6. The van der Waals surface area contributed by atoms with E-state index in [4.69, 9.17) is 14.2 Å². The highest BCUT2D eigenvalue weighted by molar-refractivity contribution is 5.87. The Morgan fingerprint density at radius 2 is 1.61 bits per heavy atom. The lowest BCUT2D eigenvalue weighted by Crippen LogP contribution is -2.61. The Kier molecular flexibility index (Phi) is 5.08. The number of methoxy groups -OCH3 is 3. The number of ether oxygens (including phenoxy) is 3. The maximum absolute atomic E-state index is 12.5. The molecule has 0 saturated heterocycles. The van der Waals surface area contributed by atoms with Crippen LogP contribution in [0.3, 0.4) is 0 Å². The summed E-state index contributed by atoms with van der Waals surface area (Å²) in [6.45, 7) is 0. The van der Waals surface area contributed by atoms with Crippen molar-refractivity contribution in [3.8, 4) is 17.2 Å². The standard InChI is InChI=1S/C21H29N3O4/c1-26-17-5-4-16(18(27-2)19(17)28-3)12-22-24-20(25)23-21-9-13-6-14(10-21)8-15(7-13)11-21/h4-5,12-15H,6-11H2,1-3H3,(H2,23,24,25)/b22-12+. The topological polar surface area (TPSA) is 81.2 Å². The molecule has 0 aliphatic heterocycles. The smallest absolute Gasteiger partial charge is 0.335 e. The van der Waals surface area contributed by atoms with Crippen LogP contribution >= 0.6 is 0 Å². The number of carbonyl (C=O) groups excluding carboxylic acids is 1. The van der Waals surface area contributed by atoms with E-state index in [-0.39, 0.29) is 11.6 Å². The second kappa shape index (κ2) is 7.53. The molecule has 4 aliphatic carbocycles. The number of nitrogens with one attached hydrogen (secondary N) is 2. The van der Waals surface area contributed by atoms with E-state index in [1.165, 1.54) is 19.3 Å². The molecule has 152 valence electrons. The molecule has 7 nitrogen and oxygen atoms in total. The van der Waals surface area contributed by atoms with Crippen LogP contribution in [-0.4, -0.2) is 39.1 Å². The Labute approximate surface area is 165 Å². The summed E-state index contributed by atoms with van der Waals surface area (Å²) in [5.74, 6) is 3.92. The number of carbonyl (C=O) groups is 1. The van der Waals surface area contributed by atoms with Gasteiger partial charge in [0.2, 0.25) is 5.75 Å².